The van der Waals surface area contributed by atoms with Crippen LogP contribution in [0.15, 0.2) is 18.2 Å². The molecule has 0 spiro atoms. The molecule has 0 atom stereocenters. The molecule has 1 saturated carbocycles. The van der Waals surface area contributed by atoms with Crippen LogP contribution in [0.25, 0.3) is 0 Å². The van der Waals surface area contributed by atoms with Crippen molar-refractivity contribution in [3.05, 3.63) is 27.3 Å². The highest BCUT2D eigenvalue weighted by molar-refractivity contribution is 14.1. The van der Waals surface area contributed by atoms with Crippen molar-refractivity contribution in [1.29, 1.82) is 5.26 Å². The van der Waals surface area contributed by atoms with E-state index in [1.54, 1.807) is 0 Å². The topological polar surface area (TPSA) is 33.0 Å². The second-order valence-electron chi connectivity index (χ2n) is 3.51. The second kappa shape index (κ2) is 4.18. The number of benzene rings is 1. The molecular weight excluding hydrogens is 289 g/mol. The van der Waals surface area contributed by atoms with Crippen molar-refractivity contribution < 1.29 is 4.74 Å². The third-order valence-corrected chi connectivity index (χ3v) is 3.18. The molecule has 0 aromatic heterocycles. The Morgan fingerprint density at radius 1 is 1.50 bits per heavy atom. The molecule has 2 nitrogen and oxygen atoms in total. The monoisotopic (exact) mass is 299 g/mol. The maximum Gasteiger partial charge on any atom is 0.120 e. The Morgan fingerprint density at radius 3 is 2.93 bits per heavy atom. The quantitative estimate of drug-likeness (QED) is 0.804. The van der Waals surface area contributed by atoms with E-state index < -0.39 is 0 Å². The van der Waals surface area contributed by atoms with Crippen LogP contribution in [0, 0.1) is 20.8 Å². The van der Waals surface area contributed by atoms with Crippen LogP contribution in [-0.2, 0) is 0 Å². The number of hydrogen-bond donors (Lipinski definition) is 0. The van der Waals surface area contributed by atoms with Crippen LogP contribution in [-0.4, -0.2) is 6.61 Å². The maximum absolute atomic E-state index is 8.82. The van der Waals surface area contributed by atoms with Gasteiger partial charge in [-0.05, 0) is 59.5 Å². The van der Waals surface area contributed by atoms with E-state index >= 15 is 0 Å². The summed E-state index contributed by atoms with van der Waals surface area (Å²) in [5, 5.41) is 8.82. The molecule has 1 aromatic rings. The maximum atomic E-state index is 8.82. The second-order valence-corrected chi connectivity index (χ2v) is 4.67. The van der Waals surface area contributed by atoms with E-state index in [1.807, 2.05) is 18.2 Å². The summed E-state index contributed by atoms with van der Waals surface area (Å²) in [5.41, 5.74) is 0.693. The third-order valence-electron chi connectivity index (χ3n) is 2.24. The van der Waals surface area contributed by atoms with Crippen molar-refractivity contribution in [2.24, 2.45) is 5.92 Å². The largest absolute Gasteiger partial charge is 0.493 e. The van der Waals surface area contributed by atoms with Gasteiger partial charge in [0.2, 0.25) is 0 Å². The molecule has 0 heterocycles. The van der Waals surface area contributed by atoms with Gasteiger partial charge in [0.25, 0.3) is 0 Å². The fourth-order valence-electron chi connectivity index (χ4n) is 1.18. The molecular formula is C11H10INO. The molecule has 0 aliphatic heterocycles. The van der Waals surface area contributed by atoms with Crippen LogP contribution in [0.2, 0.25) is 0 Å². The average molecular weight is 299 g/mol. The molecule has 0 unspecified atom stereocenters. The molecule has 1 aliphatic carbocycles. The third kappa shape index (κ3) is 2.38. The van der Waals surface area contributed by atoms with Crippen LogP contribution in [0.1, 0.15) is 18.4 Å². The first kappa shape index (κ1) is 9.78. The summed E-state index contributed by atoms with van der Waals surface area (Å²) in [5.74, 6) is 1.56. The normalized spacial score (nSPS) is 14.9. The Hall–Kier alpha value is -0.760. The molecule has 14 heavy (non-hydrogen) atoms. The Morgan fingerprint density at radius 2 is 2.29 bits per heavy atom. The van der Waals surface area contributed by atoms with E-state index in [1.165, 1.54) is 12.8 Å². The number of nitrogens with zero attached hydrogens (tertiary/aromatic N) is 1. The number of rotatable bonds is 3. The van der Waals surface area contributed by atoms with Crippen molar-refractivity contribution in [2.45, 2.75) is 12.8 Å². The first-order valence-electron chi connectivity index (χ1n) is 4.62. The van der Waals surface area contributed by atoms with Crippen molar-refractivity contribution in [2.75, 3.05) is 6.61 Å². The molecule has 1 aliphatic rings. The minimum atomic E-state index is 0.693. The molecule has 2 rings (SSSR count). The zero-order chi connectivity index (χ0) is 9.97. The van der Waals surface area contributed by atoms with Crippen LogP contribution in [0.3, 0.4) is 0 Å². The van der Waals surface area contributed by atoms with Gasteiger partial charge in [0.05, 0.1) is 12.2 Å². The van der Waals surface area contributed by atoms with Gasteiger partial charge in [-0.15, -0.1) is 0 Å². The number of hydrogen-bond acceptors (Lipinski definition) is 2. The standard InChI is InChI=1S/C11H10INO/c12-11-4-3-10(5-9(11)6-13)14-7-8-1-2-8/h3-5,8H,1-2,7H2. The Kier molecular flexibility index (Phi) is 2.92. The summed E-state index contributed by atoms with van der Waals surface area (Å²) in [6.45, 7) is 0.797. The van der Waals surface area contributed by atoms with Crippen LogP contribution in [0.4, 0.5) is 0 Å². The van der Waals surface area contributed by atoms with Crippen molar-refractivity contribution in [1.82, 2.24) is 0 Å². The van der Waals surface area contributed by atoms with Crippen LogP contribution < -0.4 is 4.74 Å². The van der Waals surface area contributed by atoms with E-state index in [0.717, 1.165) is 21.8 Å². The summed E-state index contributed by atoms with van der Waals surface area (Å²) in [4.78, 5) is 0. The zero-order valence-electron chi connectivity index (χ0n) is 7.66. The van der Waals surface area contributed by atoms with Gasteiger partial charge in [0.1, 0.15) is 11.8 Å². The van der Waals surface area contributed by atoms with Crippen LogP contribution >= 0.6 is 22.6 Å². The molecule has 0 saturated heterocycles. The summed E-state index contributed by atoms with van der Waals surface area (Å²) < 4.78 is 6.55. The number of ether oxygens (including phenoxy) is 1. The van der Waals surface area contributed by atoms with Gasteiger partial charge in [-0.2, -0.15) is 5.26 Å². The smallest absolute Gasteiger partial charge is 0.120 e. The summed E-state index contributed by atoms with van der Waals surface area (Å²) in [6.07, 6.45) is 2.57. The zero-order valence-corrected chi connectivity index (χ0v) is 9.82. The molecule has 0 bridgehead atoms. The molecule has 0 N–H and O–H groups in total. The van der Waals surface area contributed by atoms with E-state index in [4.69, 9.17) is 10.00 Å². The summed E-state index contributed by atoms with van der Waals surface area (Å²) in [6, 6.07) is 7.80. The highest BCUT2D eigenvalue weighted by Crippen LogP contribution is 2.30. The van der Waals surface area contributed by atoms with Crippen molar-refractivity contribution >= 4 is 22.6 Å². The first-order valence-corrected chi connectivity index (χ1v) is 5.70. The van der Waals surface area contributed by atoms with E-state index in [-0.39, 0.29) is 0 Å². The fourth-order valence-corrected chi connectivity index (χ4v) is 1.63. The molecule has 0 amide bonds. The van der Waals surface area contributed by atoms with E-state index in [0.29, 0.717) is 5.56 Å². The van der Waals surface area contributed by atoms with Crippen molar-refractivity contribution in [3.8, 4) is 11.8 Å². The lowest BCUT2D eigenvalue weighted by Crippen LogP contribution is -1.99. The minimum Gasteiger partial charge on any atom is -0.493 e. The van der Waals surface area contributed by atoms with Gasteiger partial charge in [-0.1, -0.05) is 0 Å². The van der Waals surface area contributed by atoms with Gasteiger partial charge >= 0.3 is 0 Å². The van der Waals surface area contributed by atoms with Gasteiger partial charge in [-0.25, -0.2) is 0 Å². The molecule has 3 heteroatoms. The van der Waals surface area contributed by atoms with Gasteiger partial charge in [0.15, 0.2) is 0 Å². The highest BCUT2D eigenvalue weighted by atomic mass is 127. The molecule has 72 valence electrons. The predicted molar refractivity (Wildman–Crippen MR) is 62.1 cm³/mol. The predicted octanol–water partition coefficient (Wildman–Crippen LogP) is 2.95. The highest BCUT2D eigenvalue weighted by Gasteiger charge is 2.21. The molecule has 0 radical (unpaired) electrons. The molecule has 1 aromatic carbocycles. The fraction of sp³-hybridized carbons (Fsp3) is 0.364. The van der Waals surface area contributed by atoms with Gasteiger partial charge in [0, 0.05) is 3.57 Å². The first-order chi connectivity index (χ1) is 6.79. The van der Waals surface area contributed by atoms with Gasteiger partial charge < -0.3 is 4.74 Å². The average Bonchev–Trinajstić information content (AvgIpc) is 3.00. The van der Waals surface area contributed by atoms with Crippen molar-refractivity contribution in [3.63, 3.8) is 0 Å². The van der Waals surface area contributed by atoms with Gasteiger partial charge in [-0.3, -0.25) is 0 Å². The molecule has 1 fully saturated rings. The SMILES string of the molecule is N#Cc1cc(OCC2CC2)ccc1I. The summed E-state index contributed by atoms with van der Waals surface area (Å²) in [7, 11) is 0. The lowest BCUT2D eigenvalue weighted by Gasteiger charge is -2.05. The Bertz CT molecular complexity index is 379. The number of halogens is 1. The minimum absolute atomic E-state index is 0.693. The van der Waals surface area contributed by atoms with E-state index in [9.17, 15) is 0 Å². The number of nitriles is 1. The lowest BCUT2D eigenvalue weighted by molar-refractivity contribution is 0.299. The Balaban J connectivity index is 2.06. The summed E-state index contributed by atoms with van der Waals surface area (Å²) >= 11 is 2.15. The van der Waals surface area contributed by atoms with Crippen LogP contribution in [0.5, 0.6) is 5.75 Å². The lowest BCUT2D eigenvalue weighted by atomic mass is 10.2. The van der Waals surface area contributed by atoms with E-state index in [2.05, 4.69) is 28.7 Å². The Labute approximate surface area is 97.0 Å².